The fourth-order valence-electron chi connectivity index (χ4n) is 8.44. The number of thiophene rings is 1. The van der Waals surface area contributed by atoms with Crippen molar-refractivity contribution in [2.45, 2.75) is 57.0 Å². The van der Waals surface area contributed by atoms with Crippen LogP contribution in [0.5, 0.6) is 11.8 Å². The number of ether oxygens (including phenoxy) is 3. The van der Waals surface area contributed by atoms with Gasteiger partial charge in [-0.2, -0.15) is 15.2 Å². The first-order valence-electron chi connectivity index (χ1n) is 16.6. The van der Waals surface area contributed by atoms with E-state index < -0.39 is 24.0 Å². The Labute approximate surface area is 289 Å². The summed E-state index contributed by atoms with van der Waals surface area (Å²) in [6.07, 6.45) is 0.537. The first kappa shape index (κ1) is 32.7. The topological polar surface area (TPSA) is 83.7 Å². The summed E-state index contributed by atoms with van der Waals surface area (Å²) in [7, 11) is 0. The molecule has 0 amide bonds. The number of hydrogen-bond donors (Lipinski definition) is 0. The molecule has 6 heterocycles. The summed E-state index contributed by atoms with van der Waals surface area (Å²) in [4.78, 5) is 13.9. The number of nitrogens with zero attached hydrogens (tertiary/aromatic N) is 5. The lowest BCUT2D eigenvalue weighted by Gasteiger charge is -2.35. The van der Waals surface area contributed by atoms with Crippen LogP contribution in [0, 0.1) is 34.8 Å². The van der Waals surface area contributed by atoms with Crippen molar-refractivity contribution in [3.8, 4) is 29.0 Å². The fourth-order valence-corrected chi connectivity index (χ4v) is 9.70. The summed E-state index contributed by atoms with van der Waals surface area (Å²) in [5.74, 6) is -0.960. The zero-order valence-corrected chi connectivity index (χ0v) is 28.4. The Balaban J connectivity index is 1.34. The molecule has 3 fully saturated rings. The molecule has 8 nitrogen and oxygen atoms in total. The SMILES string of the molecule is C[C@H]1CN2CCC[C@@]2(COc2nc3c4c(c(Cl)c(-c5ccc(F)c6scc(C#N)c56)c(F)c4n2)OCCC2COCC(CC(F)F)CN32)C1. The van der Waals surface area contributed by atoms with Crippen LogP contribution in [-0.4, -0.2) is 78.9 Å². The van der Waals surface area contributed by atoms with Gasteiger partial charge in [0.1, 0.15) is 29.8 Å². The van der Waals surface area contributed by atoms with Crippen LogP contribution in [0.15, 0.2) is 17.5 Å². The van der Waals surface area contributed by atoms with Crippen molar-refractivity contribution in [1.29, 1.82) is 5.26 Å². The Morgan fingerprint density at radius 2 is 2.06 bits per heavy atom. The minimum absolute atomic E-state index is 0.0474. The molecule has 0 bridgehead atoms. The van der Waals surface area contributed by atoms with Crippen molar-refractivity contribution < 1.29 is 31.8 Å². The minimum Gasteiger partial charge on any atom is -0.491 e. The zero-order chi connectivity index (χ0) is 34.0. The second-order valence-electron chi connectivity index (χ2n) is 13.8. The van der Waals surface area contributed by atoms with Crippen molar-refractivity contribution in [2.24, 2.45) is 11.8 Å². The Bertz CT molecular complexity index is 1990. The Kier molecular flexibility index (Phi) is 8.49. The molecule has 0 saturated carbocycles. The van der Waals surface area contributed by atoms with Gasteiger partial charge in [0, 0.05) is 48.2 Å². The molecule has 49 heavy (non-hydrogen) atoms. The molecule has 0 radical (unpaired) electrons. The average molecular weight is 716 g/mol. The molecule has 3 saturated heterocycles. The van der Waals surface area contributed by atoms with Gasteiger partial charge in [-0.05, 0) is 43.4 Å². The normalized spacial score (nSPS) is 25.5. The van der Waals surface area contributed by atoms with E-state index in [-0.39, 0.29) is 105 Å². The molecule has 4 aliphatic heterocycles. The maximum Gasteiger partial charge on any atom is 0.319 e. The van der Waals surface area contributed by atoms with Gasteiger partial charge in [0.25, 0.3) is 0 Å². The number of benzene rings is 2. The summed E-state index contributed by atoms with van der Waals surface area (Å²) < 4.78 is 78.3. The minimum atomic E-state index is -2.53. The molecular weight excluding hydrogens is 682 g/mol. The standard InChI is InChI=1S/C35H34ClF4N5O3S/c1-18-10-35(6-2-7-44(35)12-18)17-48-34-42-30-27-31(47-8-5-21-15-46-14-19(9-24(38)39)13-45(21)33(27)43-34)28(36)26(29(30)40)22-3-4-23(37)32-25(22)20(11-41)16-49-32/h3-4,16,18-19,21,24H,2,5-10,12-15,17H2,1H3/t18-,19?,21?,35+/m1/s1. The number of fused-ring (bicyclic) bond motifs is 4. The predicted octanol–water partition coefficient (Wildman–Crippen LogP) is 7.83. The summed E-state index contributed by atoms with van der Waals surface area (Å²) in [6, 6.07) is 4.36. The van der Waals surface area contributed by atoms with E-state index in [1.54, 1.807) is 0 Å². The smallest absolute Gasteiger partial charge is 0.319 e. The third-order valence-electron chi connectivity index (χ3n) is 10.5. The van der Waals surface area contributed by atoms with Gasteiger partial charge in [0.2, 0.25) is 6.43 Å². The summed E-state index contributed by atoms with van der Waals surface area (Å²) >= 11 is 8.10. The highest BCUT2D eigenvalue weighted by Crippen LogP contribution is 2.50. The van der Waals surface area contributed by atoms with Crippen LogP contribution >= 0.6 is 22.9 Å². The van der Waals surface area contributed by atoms with Crippen molar-refractivity contribution in [1.82, 2.24) is 14.9 Å². The van der Waals surface area contributed by atoms with E-state index >= 15 is 4.39 Å². The van der Waals surface area contributed by atoms with Crippen LogP contribution in [0.25, 0.3) is 32.1 Å². The van der Waals surface area contributed by atoms with Gasteiger partial charge >= 0.3 is 6.01 Å². The molecule has 2 aromatic heterocycles. The number of nitriles is 1. The lowest BCUT2D eigenvalue weighted by molar-refractivity contribution is 0.0665. The maximum atomic E-state index is 17.3. The molecule has 258 valence electrons. The number of aromatic nitrogens is 2. The van der Waals surface area contributed by atoms with Crippen LogP contribution in [0.2, 0.25) is 5.02 Å². The van der Waals surface area contributed by atoms with Crippen LogP contribution < -0.4 is 14.4 Å². The highest BCUT2D eigenvalue weighted by Gasteiger charge is 2.48. The summed E-state index contributed by atoms with van der Waals surface area (Å²) in [5.41, 5.74) is 0.0233. The number of halogens is 5. The second kappa shape index (κ2) is 12.7. The van der Waals surface area contributed by atoms with Crippen LogP contribution in [-0.2, 0) is 4.74 Å². The van der Waals surface area contributed by atoms with Crippen LogP contribution in [0.4, 0.5) is 23.4 Å². The lowest BCUT2D eigenvalue weighted by Crippen LogP contribution is -2.44. The van der Waals surface area contributed by atoms with E-state index in [9.17, 15) is 18.4 Å². The number of hydrogen-bond acceptors (Lipinski definition) is 9. The van der Waals surface area contributed by atoms with E-state index in [0.717, 1.165) is 43.7 Å². The lowest BCUT2D eigenvalue weighted by atomic mass is 9.92. The van der Waals surface area contributed by atoms with Gasteiger partial charge in [-0.1, -0.05) is 24.6 Å². The molecule has 8 rings (SSSR count). The maximum absolute atomic E-state index is 17.3. The Morgan fingerprint density at radius 1 is 1.20 bits per heavy atom. The highest BCUT2D eigenvalue weighted by molar-refractivity contribution is 7.17. The van der Waals surface area contributed by atoms with Crippen LogP contribution in [0.1, 0.15) is 44.6 Å². The van der Waals surface area contributed by atoms with Gasteiger partial charge in [0.15, 0.2) is 11.6 Å². The van der Waals surface area contributed by atoms with E-state index in [4.69, 9.17) is 30.8 Å². The number of alkyl halides is 2. The molecule has 4 aromatic rings. The molecule has 14 heteroatoms. The van der Waals surface area contributed by atoms with Gasteiger partial charge in [0.05, 0.1) is 52.1 Å². The van der Waals surface area contributed by atoms with Crippen molar-refractivity contribution in [3.63, 3.8) is 0 Å². The molecule has 4 atom stereocenters. The van der Waals surface area contributed by atoms with Crippen molar-refractivity contribution in [3.05, 3.63) is 39.7 Å². The molecule has 4 aliphatic rings. The first-order valence-corrected chi connectivity index (χ1v) is 17.9. The van der Waals surface area contributed by atoms with E-state index in [0.29, 0.717) is 18.9 Å². The molecule has 2 unspecified atom stereocenters. The van der Waals surface area contributed by atoms with Gasteiger partial charge in [-0.25, -0.2) is 17.6 Å². The molecule has 0 aliphatic carbocycles. The zero-order valence-electron chi connectivity index (χ0n) is 26.8. The largest absolute Gasteiger partial charge is 0.491 e. The predicted molar refractivity (Wildman–Crippen MR) is 179 cm³/mol. The monoisotopic (exact) mass is 715 g/mol. The third-order valence-corrected chi connectivity index (χ3v) is 11.9. The number of rotatable bonds is 6. The van der Waals surface area contributed by atoms with Gasteiger partial charge < -0.3 is 19.1 Å². The summed E-state index contributed by atoms with van der Waals surface area (Å²) in [6.45, 7) is 5.24. The van der Waals surface area contributed by atoms with Gasteiger partial charge in [-0.15, -0.1) is 11.3 Å². The van der Waals surface area contributed by atoms with E-state index in [1.165, 1.54) is 17.5 Å². The van der Waals surface area contributed by atoms with E-state index in [2.05, 4.69) is 22.9 Å². The second-order valence-corrected chi connectivity index (χ2v) is 15.0. The summed E-state index contributed by atoms with van der Waals surface area (Å²) in [5, 5.41) is 11.7. The fraction of sp³-hybridized carbons (Fsp3) is 0.514. The van der Waals surface area contributed by atoms with E-state index in [1.807, 2.05) is 4.90 Å². The highest BCUT2D eigenvalue weighted by atomic mass is 35.5. The molecule has 0 spiro atoms. The molecule has 2 aromatic carbocycles. The number of anilines is 1. The Morgan fingerprint density at radius 3 is 2.88 bits per heavy atom. The quantitative estimate of drug-likeness (QED) is 0.187. The third kappa shape index (κ3) is 5.55. The van der Waals surface area contributed by atoms with Gasteiger partial charge in [-0.3, -0.25) is 4.90 Å². The Hall–Kier alpha value is -3.44. The molecular formula is C35H34ClF4N5O3S. The van der Waals surface area contributed by atoms with Crippen molar-refractivity contribution in [2.75, 3.05) is 51.0 Å². The average Bonchev–Trinajstić information content (AvgIpc) is 3.71. The van der Waals surface area contributed by atoms with Crippen molar-refractivity contribution >= 4 is 49.7 Å². The van der Waals surface area contributed by atoms with Crippen LogP contribution in [0.3, 0.4) is 0 Å². The first-order chi connectivity index (χ1) is 23.7. The molecule has 0 N–H and O–H groups in total.